The number of nitrogens with zero attached hydrogens (tertiary/aromatic N) is 3. The van der Waals surface area contributed by atoms with E-state index >= 15 is 0 Å². The SMILES string of the molecule is Cn1ccc([C@H]2CCNC[C@@H]2C(=O)N(Cc2cn(Cc3cccc(F)c3)c3cccc(Br)c23)C2CC2)cc1=O. The highest BCUT2D eigenvalue weighted by atomic mass is 79.9. The summed E-state index contributed by atoms with van der Waals surface area (Å²) in [5.74, 6) is -0.318. The van der Waals surface area contributed by atoms with E-state index in [2.05, 4.69) is 43.0 Å². The Hall–Kier alpha value is -3.23. The predicted molar refractivity (Wildman–Crippen MR) is 154 cm³/mol. The van der Waals surface area contributed by atoms with Crippen molar-refractivity contribution in [3.8, 4) is 0 Å². The molecule has 1 amide bonds. The van der Waals surface area contributed by atoms with Gasteiger partial charge in [-0.2, -0.15) is 0 Å². The Morgan fingerprint density at radius 1 is 1.13 bits per heavy atom. The lowest BCUT2D eigenvalue weighted by atomic mass is 9.80. The van der Waals surface area contributed by atoms with Crippen LogP contribution in [-0.2, 0) is 24.9 Å². The van der Waals surface area contributed by atoms with Crippen LogP contribution in [-0.4, -0.2) is 39.1 Å². The molecule has 2 fully saturated rings. The van der Waals surface area contributed by atoms with Crippen molar-refractivity contribution >= 4 is 32.7 Å². The van der Waals surface area contributed by atoms with Gasteiger partial charge in [-0.05, 0) is 78.7 Å². The molecule has 2 aromatic heterocycles. The van der Waals surface area contributed by atoms with Gasteiger partial charge in [-0.15, -0.1) is 0 Å². The van der Waals surface area contributed by atoms with Gasteiger partial charge in [0, 0.05) is 66.6 Å². The molecular weight excluding hydrogens is 559 g/mol. The number of amides is 1. The zero-order valence-corrected chi connectivity index (χ0v) is 23.5. The Bertz CT molecular complexity index is 1590. The maximum absolute atomic E-state index is 14.2. The number of benzene rings is 2. The molecule has 1 N–H and O–H groups in total. The second-order valence-corrected chi connectivity index (χ2v) is 11.7. The van der Waals surface area contributed by atoms with Crippen LogP contribution in [0.15, 0.2) is 76.3 Å². The molecule has 0 spiro atoms. The molecule has 2 aromatic carbocycles. The van der Waals surface area contributed by atoms with Gasteiger partial charge >= 0.3 is 0 Å². The quantitative estimate of drug-likeness (QED) is 0.323. The summed E-state index contributed by atoms with van der Waals surface area (Å²) in [5, 5.41) is 4.50. The molecule has 1 saturated heterocycles. The molecule has 0 radical (unpaired) electrons. The lowest BCUT2D eigenvalue weighted by molar-refractivity contribution is -0.138. The zero-order valence-electron chi connectivity index (χ0n) is 21.9. The van der Waals surface area contributed by atoms with E-state index in [1.807, 2.05) is 24.3 Å². The molecule has 8 heteroatoms. The van der Waals surface area contributed by atoms with Crippen molar-refractivity contribution in [3.63, 3.8) is 0 Å². The van der Waals surface area contributed by atoms with Gasteiger partial charge < -0.3 is 19.4 Å². The first kappa shape index (κ1) is 26.0. The van der Waals surface area contributed by atoms with Gasteiger partial charge in [0.15, 0.2) is 0 Å². The van der Waals surface area contributed by atoms with E-state index in [1.54, 1.807) is 36.0 Å². The molecule has 2 aliphatic rings. The Balaban J connectivity index is 1.33. The van der Waals surface area contributed by atoms with Crippen LogP contribution in [0.3, 0.4) is 0 Å². The number of rotatable bonds is 7. The molecule has 39 heavy (non-hydrogen) atoms. The summed E-state index contributed by atoms with van der Waals surface area (Å²) in [4.78, 5) is 28.7. The summed E-state index contributed by atoms with van der Waals surface area (Å²) >= 11 is 3.75. The molecule has 0 unspecified atom stereocenters. The minimum absolute atomic E-state index is 0.00922. The molecule has 0 bridgehead atoms. The number of hydrogen-bond donors (Lipinski definition) is 1. The van der Waals surface area contributed by atoms with E-state index in [1.165, 1.54) is 6.07 Å². The number of pyridine rings is 1. The van der Waals surface area contributed by atoms with Crippen molar-refractivity contribution in [1.29, 1.82) is 0 Å². The van der Waals surface area contributed by atoms with E-state index in [0.29, 0.717) is 19.6 Å². The molecule has 3 heterocycles. The number of carbonyl (C=O) groups excluding carboxylic acids is 1. The highest BCUT2D eigenvalue weighted by molar-refractivity contribution is 9.10. The zero-order chi connectivity index (χ0) is 27.1. The van der Waals surface area contributed by atoms with Crippen molar-refractivity contribution in [2.75, 3.05) is 13.1 Å². The highest BCUT2D eigenvalue weighted by Crippen LogP contribution is 2.38. The highest BCUT2D eigenvalue weighted by Gasteiger charge is 2.40. The van der Waals surface area contributed by atoms with Crippen LogP contribution in [0.1, 0.15) is 41.9 Å². The van der Waals surface area contributed by atoms with Crippen LogP contribution in [0.4, 0.5) is 4.39 Å². The van der Waals surface area contributed by atoms with Crippen molar-refractivity contribution in [1.82, 2.24) is 19.4 Å². The van der Waals surface area contributed by atoms with Crippen molar-refractivity contribution < 1.29 is 9.18 Å². The second-order valence-electron chi connectivity index (χ2n) is 10.9. The fourth-order valence-electron chi connectivity index (χ4n) is 5.96. The standard InChI is InChI=1S/C31H32BrFN4O2/c1-35-13-11-21(15-29(35)38)25-10-12-34-16-26(25)31(39)37(24-8-9-24)19-22-18-36(17-20-4-2-5-23(33)14-20)28-7-3-6-27(32)30(22)28/h2-7,11,13-15,18,24-26,34H,8-10,12,16-17,19H2,1H3/t25-,26+/m1/s1. The lowest BCUT2D eigenvalue weighted by Crippen LogP contribution is -2.47. The van der Waals surface area contributed by atoms with Crippen LogP contribution in [0.5, 0.6) is 0 Å². The maximum atomic E-state index is 14.2. The third-order valence-electron chi connectivity index (χ3n) is 8.14. The topological polar surface area (TPSA) is 59.3 Å². The molecule has 202 valence electrons. The van der Waals surface area contributed by atoms with E-state index in [0.717, 1.165) is 57.9 Å². The first-order valence-corrected chi connectivity index (χ1v) is 14.4. The van der Waals surface area contributed by atoms with Gasteiger partial charge in [0.05, 0.1) is 5.92 Å². The summed E-state index contributed by atoms with van der Waals surface area (Å²) in [7, 11) is 1.74. The number of hydrogen-bond acceptors (Lipinski definition) is 3. The monoisotopic (exact) mass is 590 g/mol. The molecule has 1 saturated carbocycles. The number of nitrogens with one attached hydrogen (secondary N) is 1. The van der Waals surface area contributed by atoms with Crippen LogP contribution < -0.4 is 10.9 Å². The maximum Gasteiger partial charge on any atom is 0.250 e. The van der Waals surface area contributed by atoms with Crippen LogP contribution >= 0.6 is 15.9 Å². The van der Waals surface area contributed by atoms with E-state index in [4.69, 9.17) is 0 Å². The fourth-order valence-corrected chi connectivity index (χ4v) is 6.57. The summed E-state index contributed by atoms with van der Waals surface area (Å²) in [6, 6.07) is 16.7. The fraction of sp³-hybridized carbons (Fsp3) is 0.355. The van der Waals surface area contributed by atoms with Gasteiger partial charge in [0.1, 0.15) is 5.82 Å². The number of fused-ring (bicyclic) bond motifs is 1. The second kappa shape index (κ2) is 10.7. The van der Waals surface area contributed by atoms with Crippen LogP contribution in [0.25, 0.3) is 10.9 Å². The summed E-state index contributed by atoms with van der Waals surface area (Å²) in [5.41, 5.74) is 3.90. The van der Waals surface area contributed by atoms with Gasteiger partial charge in [0.2, 0.25) is 5.91 Å². The van der Waals surface area contributed by atoms with Gasteiger partial charge in [-0.25, -0.2) is 4.39 Å². The van der Waals surface area contributed by atoms with Crippen molar-refractivity contribution in [2.24, 2.45) is 13.0 Å². The molecular formula is C31H32BrFN4O2. The smallest absolute Gasteiger partial charge is 0.250 e. The van der Waals surface area contributed by atoms with Gasteiger partial charge in [0.25, 0.3) is 5.56 Å². The molecule has 1 aliphatic heterocycles. The van der Waals surface area contributed by atoms with E-state index in [-0.39, 0.29) is 35.2 Å². The molecule has 4 aromatic rings. The molecule has 1 aliphatic carbocycles. The molecule has 2 atom stereocenters. The average molecular weight is 592 g/mol. The Morgan fingerprint density at radius 2 is 1.95 bits per heavy atom. The summed E-state index contributed by atoms with van der Waals surface area (Å²) in [6.07, 6.45) is 6.74. The van der Waals surface area contributed by atoms with E-state index < -0.39 is 0 Å². The summed E-state index contributed by atoms with van der Waals surface area (Å²) in [6.45, 7) is 2.48. The average Bonchev–Trinajstić information content (AvgIpc) is 3.71. The number of carbonyl (C=O) groups is 1. The minimum Gasteiger partial charge on any atom is -0.343 e. The Morgan fingerprint density at radius 3 is 2.72 bits per heavy atom. The molecule has 6 nitrogen and oxygen atoms in total. The van der Waals surface area contributed by atoms with Crippen molar-refractivity contribution in [3.05, 3.63) is 104 Å². The van der Waals surface area contributed by atoms with Crippen LogP contribution in [0.2, 0.25) is 0 Å². The van der Waals surface area contributed by atoms with Gasteiger partial charge in [-0.1, -0.05) is 34.1 Å². The first-order chi connectivity index (χ1) is 18.9. The number of aryl methyl sites for hydroxylation is 1. The summed E-state index contributed by atoms with van der Waals surface area (Å²) < 4.78 is 18.6. The Labute approximate surface area is 235 Å². The van der Waals surface area contributed by atoms with E-state index in [9.17, 15) is 14.0 Å². The largest absolute Gasteiger partial charge is 0.343 e. The van der Waals surface area contributed by atoms with Gasteiger partial charge in [-0.3, -0.25) is 9.59 Å². The molecule has 6 rings (SSSR count). The lowest BCUT2D eigenvalue weighted by Gasteiger charge is -2.35. The third kappa shape index (κ3) is 5.32. The van der Waals surface area contributed by atoms with Crippen LogP contribution in [0, 0.1) is 11.7 Å². The minimum atomic E-state index is -0.247. The number of piperidine rings is 1. The number of halogens is 2. The number of aromatic nitrogens is 2. The predicted octanol–water partition coefficient (Wildman–Crippen LogP) is 5.17. The normalized spacial score (nSPS) is 19.4. The first-order valence-electron chi connectivity index (χ1n) is 13.6. The van der Waals surface area contributed by atoms with Crippen molar-refractivity contribution in [2.45, 2.75) is 44.3 Å². The third-order valence-corrected chi connectivity index (χ3v) is 8.80. The Kier molecular flexibility index (Phi) is 7.16.